The van der Waals surface area contributed by atoms with Gasteiger partial charge < -0.3 is 25.0 Å². The van der Waals surface area contributed by atoms with Crippen molar-refractivity contribution < 1.29 is 14.3 Å². The lowest BCUT2D eigenvalue weighted by Gasteiger charge is -2.22. The summed E-state index contributed by atoms with van der Waals surface area (Å²) in [4.78, 5) is 19.9. The molecule has 3 N–H and O–H groups in total. The van der Waals surface area contributed by atoms with Gasteiger partial charge in [-0.05, 0) is 49.4 Å². The number of nitrogens with one attached hydrogen (secondary N) is 3. The summed E-state index contributed by atoms with van der Waals surface area (Å²) in [5, 5.41) is 14.7. The fourth-order valence-electron chi connectivity index (χ4n) is 4.36. The number of halogens is 2. The van der Waals surface area contributed by atoms with Crippen LogP contribution in [0.2, 0.25) is 10.0 Å². The van der Waals surface area contributed by atoms with E-state index in [4.69, 9.17) is 32.7 Å². The lowest BCUT2D eigenvalue weighted by atomic mass is 10.1. The molecular weight excluding hydrogens is 515 g/mol. The molecule has 1 aliphatic heterocycles. The van der Waals surface area contributed by atoms with Gasteiger partial charge in [0, 0.05) is 42.5 Å². The Morgan fingerprint density at radius 3 is 2.43 bits per heavy atom. The summed E-state index contributed by atoms with van der Waals surface area (Å²) in [6, 6.07) is 12.8. The minimum absolute atomic E-state index is 0.259. The van der Waals surface area contributed by atoms with Crippen molar-refractivity contribution in [1.82, 2.24) is 20.5 Å². The Morgan fingerprint density at radius 2 is 1.73 bits per heavy atom. The van der Waals surface area contributed by atoms with Crippen molar-refractivity contribution in [3.8, 4) is 22.8 Å². The van der Waals surface area contributed by atoms with Gasteiger partial charge in [-0.15, -0.1) is 0 Å². The maximum atomic E-state index is 12.9. The van der Waals surface area contributed by atoms with E-state index in [1.807, 2.05) is 24.3 Å². The normalized spacial score (nSPS) is 13.9. The molecule has 11 heteroatoms. The summed E-state index contributed by atoms with van der Waals surface area (Å²) in [5.41, 5.74) is 3.09. The van der Waals surface area contributed by atoms with E-state index >= 15 is 0 Å². The molecule has 1 aliphatic rings. The Balaban J connectivity index is 1.38. The zero-order valence-corrected chi connectivity index (χ0v) is 21.9. The van der Waals surface area contributed by atoms with Crippen molar-refractivity contribution in [2.45, 2.75) is 6.42 Å². The van der Waals surface area contributed by atoms with Crippen LogP contribution in [0.4, 0.5) is 11.5 Å². The zero-order valence-electron chi connectivity index (χ0n) is 20.4. The van der Waals surface area contributed by atoms with Crippen molar-refractivity contribution in [3.05, 3.63) is 58.1 Å². The molecule has 2 aromatic heterocycles. The molecule has 5 rings (SSSR count). The lowest BCUT2D eigenvalue weighted by molar-refractivity contribution is 0.102. The molecule has 37 heavy (non-hydrogen) atoms. The molecular formula is C26H26Cl2N6O3. The molecule has 0 unspecified atom stereocenters. The van der Waals surface area contributed by atoms with Crippen molar-refractivity contribution in [1.29, 1.82) is 0 Å². The molecule has 0 saturated carbocycles. The molecule has 0 aliphatic carbocycles. The molecule has 0 bridgehead atoms. The van der Waals surface area contributed by atoms with Gasteiger partial charge in [0.1, 0.15) is 11.5 Å². The number of ether oxygens (including phenoxy) is 2. The van der Waals surface area contributed by atoms with Crippen LogP contribution < -0.4 is 25.0 Å². The summed E-state index contributed by atoms with van der Waals surface area (Å²) in [6.07, 6.45) is 1.09. The summed E-state index contributed by atoms with van der Waals surface area (Å²) in [5.74, 6) is 0.944. The Hall–Kier alpha value is -3.53. The molecule has 0 spiro atoms. The number of fused-ring (bicyclic) bond motifs is 1. The van der Waals surface area contributed by atoms with E-state index < -0.39 is 0 Å². The van der Waals surface area contributed by atoms with E-state index in [1.54, 1.807) is 18.2 Å². The minimum Gasteiger partial charge on any atom is -0.495 e. The first-order valence-electron chi connectivity index (χ1n) is 11.8. The van der Waals surface area contributed by atoms with Gasteiger partial charge in [-0.3, -0.25) is 9.89 Å². The first-order valence-corrected chi connectivity index (χ1v) is 12.6. The number of nitrogens with zero attached hydrogens (tertiary/aromatic N) is 3. The summed E-state index contributed by atoms with van der Waals surface area (Å²) in [7, 11) is 3.03. The SMILES string of the molecule is COc1cc(OC)c(Cl)c(-c2ccc3c(NC(=O)c4ccc(N5CCCNCC5)cc4)n[nH]c3n2)c1Cl. The fraction of sp³-hybridized carbons (Fsp3) is 0.269. The van der Waals surface area contributed by atoms with Crippen LogP contribution >= 0.6 is 23.2 Å². The van der Waals surface area contributed by atoms with Gasteiger partial charge in [-0.2, -0.15) is 5.10 Å². The van der Waals surface area contributed by atoms with Gasteiger partial charge in [0.25, 0.3) is 5.91 Å². The molecule has 0 radical (unpaired) electrons. The largest absolute Gasteiger partial charge is 0.495 e. The second-order valence-corrected chi connectivity index (χ2v) is 9.30. The van der Waals surface area contributed by atoms with Crippen molar-refractivity contribution in [2.24, 2.45) is 0 Å². The third-order valence-corrected chi connectivity index (χ3v) is 7.07. The lowest BCUT2D eigenvalue weighted by Crippen LogP contribution is -2.27. The Kier molecular flexibility index (Phi) is 7.36. The van der Waals surface area contributed by atoms with Crippen LogP contribution in [-0.2, 0) is 0 Å². The van der Waals surface area contributed by atoms with E-state index in [0.717, 1.165) is 38.3 Å². The number of rotatable bonds is 6. The average molecular weight is 541 g/mol. The third kappa shape index (κ3) is 5.02. The minimum atomic E-state index is -0.259. The second kappa shape index (κ2) is 10.8. The highest BCUT2D eigenvalue weighted by Gasteiger charge is 2.21. The molecule has 0 atom stereocenters. The van der Waals surface area contributed by atoms with Gasteiger partial charge >= 0.3 is 0 Å². The second-order valence-electron chi connectivity index (χ2n) is 8.54. The van der Waals surface area contributed by atoms with Crippen LogP contribution in [-0.4, -0.2) is 61.5 Å². The van der Waals surface area contributed by atoms with E-state index in [0.29, 0.717) is 55.2 Å². The van der Waals surface area contributed by atoms with Crippen LogP contribution in [0.15, 0.2) is 42.5 Å². The van der Waals surface area contributed by atoms with Gasteiger partial charge in [0.05, 0.1) is 35.3 Å². The Bertz CT molecular complexity index is 1400. The van der Waals surface area contributed by atoms with Crippen LogP contribution in [0, 0.1) is 0 Å². The predicted molar refractivity (Wildman–Crippen MR) is 147 cm³/mol. The number of H-pyrrole nitrogens is 1. The van der Waals surface area contributed by atoms with Crippen LogP contribution in [0.3, 0.4) is 0 Å². The first-order chi connectivity index (χ1) is 18.0. The third-order valence-electron chi connectivity index (χ3n) is 6.32. The number of aromatic nitrogens is 3. The molecule has 4 aromatic rings. The summed E-state index contributed by atoms with van der Waals surface area (Å²) < 4.78 is 10.7. The number of anilines is 2. The van der Waals surface area contributed by atoms with Crippen molar-refractivity contribution in [3.63, 3.8) is 0 Å². The number of hydrogen-bond acceptors (Lipinski definition) is 7. The van der Waals surface area contributed by atoms with Gasteiger partial charge in [0.15, 0.2) is 11.5 Å². The number of benzene rings is 2. The molecule has 1 amide bonds. The number of amides is 1. The van der Waals surface area contributed by atoms with Gasteiger partial charge in [0.2, 0.25) is 0 Å². The molecule has 3 heterocycles. The number of carbonyl (C=O) groups excluding carboxylic acids is 1. The number of aromatic amines is 1. The smallest absolute Gasteiger partial charge is 0.256 e. The van der Waals surface area contributed by atoms with Gasteiger partial charge in [-0.25, -0.2) is 4.98 Å². The van der Waals surface area contributed by atoms with Gasteiger partial charge in [-0.1, -0.05) is 23.2 Å². The first kappa shape index (κ1) is 25.1. The molecule has 2 aromatic carbocycles. The maximum absolute atomic E-state index is 12.9. The zero-order chi connectivity index (χ0) is 25.9. The van der Waals surface area contributed by atoms with Crippen LogP contribution in [0.5, 0.6) is 11.5 Å². The van der Waals surface area contributed by atoms with Crippen molar-refractivity contribution in [2.75, 3.05) is 50.6 Å². The highest BCUT2D eigenvalue weighted by molar-refractivity contribution is 6.41. The number of carbonyl (C=O) groups is 1. The van der Waals surface area contributed by atoms with E-state index in [1.165, 1.54) is 14.2 Å². The van der Waals surface area contributed by atoms with Crippen LogP contribution in [0.25, 0.3) is 22.3 Å². The van der Waals surface area contributed by atoms with E-state index in [2.05, 4.69) is 30.7 Å². The van der Waals surface area contributed by atoms with Crippen molar-refractivity contribution >= 4 is 51.6 Å². The highest BCUT2D eigenvalue weighted by Crippen LogP contribution is 2.45. The predicted octanol–water partition coefficient (Wildman–Crippen LogP) is 5.00. The van der Waals surface area contributed by atoms with E-state index in [-0.39, 0.29) is 5.91 Å². The summed E-state index contributed by atoms with van der Waals surface area (Å²) in [6.45, 7) is 3.91. The number of pyridine rings is 1. The standard InChI is InChI=1S/C26H26Cl2N6O3/c1-36-19-14-20(37-2)23(28)21(22(19)27)18-9-8-17-24(30-18)32-33-25(17)31-26(35)15-4-6-16(7-5-15)34-12-3-10-29-11-13-34/h4-9,14,29H,3,10-13H2,1-2H3,(H2,30,31,32,33,35). The molecule has 9 nitrogen and oxygen atoms in total. The fourth-order valence-corrected chi connectivity index (χ4v) is 5.05. The average Bonchev–Trinajstić information content (AvgIpc) is 3.11. The Labute approximate surface area is 224 Å². The quantitative estimate of drug-likeness (QED) is 0.316. The van der Waals surface area contributed by atoms with E-state index in [9.17, 15) is 4.79 Å². The molecule has 1 fully saturated rings. The molecule has 1 saturated heterocycles. The topological polar surface area (TPSA) is 104 Å². The Morgan fingerprint density at radius 1 is 1.00 bits per heavy atom. The number of hydrogen-bond donors (Lipinski definition) is 3. The summed E-state index contributed by atoms with van der Waals surface area (Å²) >= 11 is 13.1. The molecule has 192 valence electrons. The number of methoxy groups -OCH3 is 2. The monoisotopic (exact) mass is 540 g/mol. The maximum Gasteiger partial charge on any atom is 0.256 e. The highest BCUT2D eigenvalue weighted by atomic mass is 35.5. The van der Waals surface area contributed by atoms with Crippen LogP contribution in [0.1, 0.15) is 16.8 Å².